The van der Waals surface area contributed by atoms with Gasteiger partial charge in [0.05, 0.1) is 22.3 Å². The predicted molar refractivity (Wildman–Crippen MR) is 123 cm³/mol. The van der Waals surface area contributed by atoms with Crippen LogP contribution < -0.4 is 0 Å². The molecule has 0 spiro atoms. The number of nitrogens with zero attached hydrogens (tertiary/aromatic N) is 4. The van der Waals surface area contributed by atoms with Gasteiger partial charge in [-0.3, -0.25) is 9.59 Å². The number of aliphatic hydroxyl groups is 1. The number of aliphatic hydroxyl groups excluding tert-OH is 1. The van der Waals surface area contributed by atoms with E-state index in [1.165, 1.54) is 5.56 Å². The minimum Gasteiger partial charge on any atom is -0.393 e. The molecule has 3 fully saturated rings. The summed E-state index contributed by atoms with van der Waals surface area (Å²) in [5.74, 6) is 0.172. The van der Waals surface area contributed by atoms with Crippen molar-refractivity contribution in [1.82, 2.24) is 19.4 Å². The van der Waals surface area contributed by atoms with Crippen LogP contribution in [0.4, 0.5) is 0 Å². The summed E-state index contributed by atoms with van der Waals surface area (Å²) < 4.78 is 1.70. The number of allylic oxidation sites excluding steroid dienone is 1. The summed E-state index contributed by atoms with van der Waals surface area (Å²) >= 11 is 6.67. The molecule has 0 bridgehead atoms. The minimum absolute atomic E-state index is 0.0305. The second-order valence-corrected chi connectivity index (χ2v) is 9.84. The number of hydrogen-bond acceptors (Lipinski definition) is 4. The second kappa shape index (κ2) is 8.19. The Labute approximate surface area is 192 Å². The molecule has 7 nitrogen and oxygen atoms in total. The lowest BCUT2D eigenvalue weighted by Crippen LogP contribution is -2.56. The van der Waals surface area contributed by atoms with Gasteiger partial charge in [0.15, 0.2) is 5.69 Å². The van der Waals surface area contributed by atoms with Gasteiger partial charge in [0, 0.05) is 19.1 Å². The average Bonchev–Trinajstić information content (AvgIpc) is 3.57. The number of fused-ring (bicyclic) bond motifs is 1. The van der Waals surface area contributed by atoms with Gasteiger partial charge in [-0.1, -0.05) is 18.2 Å². The van der Waals surface area contributed by atoms with E-state index in [1.54, 1.807) is 9.42 Å². The summed E-state index contributed by atoms with van der Waals surface area (Å²) in [6.45, 7) is 6.98. The molecular weight excluding hydrogens is 428 g/mol. The molecule has 170 valence electrons. The van der Waals surface area contributed by atoms with Gasteiger partial charge in [-0.25, -0.2) is 4.52 Å². The molecule has 0 atom stereocenters. The van der Waals surface area contributed by atoms with Crippen molar-refractivity contribution in [3.63, 3.8) is 0 Å². The fourth-order valence-electron chi connectivity index (χ4n) is 5.00. The third kappa shape index (κ3) is 3.82. The molecule has 32 heavy (non-hydrogen) atoms. The second-order valence-electron chi connectivity index (χ2n) is 9.46. The number of carbonyl (C=O) groups is 2. The summed E-state index contributed by atoms with van der Waals surface area (Å²) in [6.07, 6.45) is 5.14. The zero-order chi connectivity index (χ0) is 22.6. The van der Waals surface area contributed by atoms with Gasteiger partial charge in [0.1, 0.15) is 6.54 Å². The molecular formula is C24H29ClN4O3. The summed E-state index contributed by atoms with van der Waals surface area (Å²) in [7, 11) is 0. The summed E-state index contributed by atoms with van der Waals surface area (Å²) in [5.41, 5.74) is 3.81. The van der Waals surface area contributed by atoms with E-state index in [0.29, 0.717) is 29.5 Å². The number of rotatable bonds is 4. The van der Waals surface area contributed by atoms with Crippen LogP contribution in [-0.4, -0.2) is 68.1 Å². The van der Waals surface area contributed by atoms with Crippen molar-refractivity contribution in [1.29, 1.82) is 0 Å². The van der Waals surface area contributed by atoms with Crippen LogP contribution in [-0.2, 0) is 4.79 Å². The Hall–Kier alpha value is -2.38. The Morgan fingerprint density at radius 1 is 1.16 bits per heavy atom. The number of pyridine rings is 1. The maximum atomic E-state index is 13.3. The highest BCUT2D eigenvalue weighted by Crippen LogP contribution is 2.42. The largest absolute Gasteiger partial charge is 0.393 e. The molecule has 0 radical (unpaired) electrons. The number of amides is 2. The molecule has 1 N–H and O–H groups in total. The van der Waals surface area contributed by atoms with Crippen molar-refractivity contribution in [3.05, 3.63) is 40.7 Å². The fourth-order valence-corrected chi connectivity index (χ4v) is 5.25. The molecule has 2 aliphatic carbocycles. The van der Waals surface area contributed by atoms with Crippen LogP contribution in [0.3, 0.4) is 0 Å². The van der Waals surface area contributed by atoms with E-state index in [4.69, 9.17) is 11.6 Å². The quantitative estimate of drug-likeness (QED) is 0.763. The SMILES string of the molecule is C=C(C)c1cc(C2CC2)cc2c(Cl)c(C(=O)N3CCN([C@H]4CC[C@H](O)CC4)C(=O)C3)nn12. The first-order valence-electron chi connectivity index (χ1n) is 11.5. The lowest BCUT2D eigenvalue weighted by Gasteiger charge is -2.41. The topological polar surface area (TPSA) is 78.2 Å². The van der Waals surface area contributed by atoms with E-state index >= 15 is 0 Å². The van der Waals surface area contributed by atoms with E-state index in [2.05, 4.69) is 17.7 Å². The maximum Gasteiger partial charge on any atom is 0.276 e. The average molecular weight is 457 g/mol. The van der Waals surface area contributed by atoms with Crippen LogP contribution in [0.25, 0.3) is 11.1 Å². The first-order chi connectivity index (χ1) is 15.3. The summed E-state index contributed by atoms with van der Waals surface area (Å²) in [5, 5.41) is 14.6. The molecule has 2 aromatic rings. The van der Waals surface area contributed by atoms with E-state index in [-0.39, 0.29) is 36.2 Å². The number of piperazine rings is 1. The van der Waals surface area contributed by atoms with Gasteiger partial charge in [-0.15, -0.1) is 0 Å². The van der Waals surface area contributed by atoms with Crippen molar-refractivity contribution in [3.8, 4) is 0 Å². The Kier molecular flexibility index (Phi) is 5.50. The number of carbonyl (C=O) groups excluding carboxylic acids is 2. The molecule has 0 unspecified atom stereocenters. The Balaban J connectivity index is 1.38. The molecule has 2 saturated carbocycles. The molecule has 2 amide bonds. The third-order valence-corrected chi connectivity index (χ3v) is 7.41. The van der Waals surface area contributed by atoms with Gasteiger partial charge in [0.2, 0.25) is 5.91 Å². The highest BCUT2D eigenvalue weighted by molar-refractivity contribution is 6.36. The normalized spacial score (nSPS) is 24.3. The van der Waals surface area contributed by atoms with Crippen molar-refractivity contribution < 1.29 is 14.7 Å². The standard InChI is InChI=1S/C24H29ClN4O3/c1-14(2)19-11-16(15-3-4-15)12-20-22(25)23(26-29(19)20)24(32)27-9-10-28(21(31)13-27)17-5-7-18(30)8-6-17/h11-12,15,17-18,30H,1,3-10,13H2,2H3/t17-,18-. The van der Waals surface area contributed by atoms with Gasteiger partial charge in [0.25, 0.3) is 5.91 Å². The minimum atomic E-state index is -0.314. The van der Waals surface area contributed by atoms with Crippen molar-refractivity contribution in [2.45, 2.75) is 63.5 Å². The van der Waals surface area contributed by atoms with Gasteiger partial charge < -0.3 is 14.9 Å². The van der Waals surface area contributed by atoms with Gasteiger partial charge in [-0.2, -0.15) is 5.10 Å². The fraction of sp³-hybridized carbons (Fsp3) is 0.542. The van der Waals surface area contributed by atoms with Crippen molar-refractivity contribution in [2.24, 2.45) is 0 Å². The first-order valence-corrected chi connectivity index (χ1v) is 11.9. The van der Waals surface area contributed by atoms with Gasteiger partial charge >= 0.3 is 0 Å². The zero-order valence-corrected chi connectivity index (χ0v) is 19.1. The highest BCUT2D eigenvalue weighted by Gasteiger charge is 2.35. The summed E-state index contributed by atoms with van der Waals surface area (Å²) in [6, 6.07) is 4.27. The predicted octanol–water partition coefficient (Wildman–Crippen LogP) is 3.49. The number of aromatic nitrogens is 2. The Morgan fingerprint density at radius 3 is 2.50 bits per heavy atom. The van der Waals surface area contributed by atoms with Crippen molar-refractivity contribution in [2.75, 3.05) is 19.6 Å². The number of hydrogen-bond donors (Lipinski definition) is 1. The third-order valence-electron chi connectivity index (χ3n) is 7.04. The highest BCUT2D eigenvalue weighted by atomic mass is 35.5. The van der Waals surface area contributed by atoms with Crippen LogP contribution in [0, 0.1) is 0 Å². The number of halogens is 1. The van der Waals surface area contributed by atoms with Crippen LogP contribution in [0.5, 0.6) is 0 Å². The summed E-state index contributed by atoms with van der Waals surface area (Å²) in [4.78, 5) is 29.6. The van der Waals surface area contributed by atoms with E-state index in [1.807, 2.05) is 17.9 Å². The lowest BCUT2D eigenvalue weighted by molar-refractivity contribution is -0.138. The van der Waals surface area contributed by atoms with Crippen molar-refractivity contribution >= 4 is 34.5 Å². The van der Waals surface area contributed by atoms with Gasteiger partial charge in [-0.05, 0) is 74.6 Å². The van der Waals surface area contributed by atoms with Crippen LogP contribution >= 0.6 is 11.6 Å². The molecule has 3 heterocycles. The monoisotopic (exact) mass is 456 g/mol. The molecule has 1 saturated heterocycles. The van der Waals surface area contributed by atoms with E-state index in [9.17, 15) is 14.7 Å². The lowest BCUT2D eigenvalue weighted by atomic mass is 9.91. The maximum absolute atomic E-state index is 13.3. The van der Waals surface area contributed by atoms with Crippen LogP contribution in [0.15, 0.2) is 18.7 Å². The molecule has 5 rings (SSSR count). The molecule has 2 aromatic heterocycles. The first kappa shape index (κ1) is 21.5. The van der Waals surface area contributed by atoms with Crippen LogP contribution in [0.2, 0.25) is 5.02 Å². The zero-order valence-electron chi connectivity index (χ0n) is 18.4. The molecule has 0 aromatic carbocycles. The molecule has 1 aliphatic heterocycles. The molecule has 8 heteroatoms. The van der Waals surface area contributed by atoms with E-state index < -0.39 is 0 Å². The van der Waals surface area contributed by atoms with Crippen LogP contribution in [0.1, 0.15) is 73.1 Å². The molecule has 3 aliphatic rings. The Morgan fingerprint density at radius 2 is 1.88 bits per heavy atom. The Bertz CT molecular complexity index is 1100. The smallest absolute Gasteiger partial charge is 0.276 e. The van der Waals surface area contributed by atoms with E-state index in [0.717, 1.165) is 49.8 Å².